The van der Waals surface area contributed by atoms with Gasteiger partial charge in [-0.05, 0) is 55.2 Å². The van der Waals surface area contributed by atoms with E-state index in [2.05, 4.69) is 10.3 Å². The van der Waals surface area contributed by atoms with E-state index < -0.39 is 0 Å². The van der Waals surface area contributed by atoms with Crippen molar-refractivity contribution in [1.82, 2.24) is 4.98 Å². The van der Waals surface area contributed by atoms with Crippen LogP contribution in [0.25, 0.3) is 0 Å². The van der Waals surface area contributed by atoms with Gasteiger partial charge in [-0.1, -0.05) is 6.07 Å². The third-order valence-electron chi connectivity index (χ3n) is 3.44. The van der Waals surface area contributed by atoms with E-state index in [0.717, 1.165) is 29.8 Å². The van der Waals surface area contributed by atoms with E-state index in [-0.39, 0.29) is 11.9 Å². The number of anilines is 1. The fourth-order valence-corrected chi connectivity index (χ4v) is 2.49. The molecule has 2 aromatic rings. The SMILES string of the molecule is Cc1ccc(NC2CCc3cc(F)ccc32)cn1. The third-order valence-corrected chi connectivity index (χ3v) is 3.44. The second-order valence-corrected chi connectivity index (χ2v) is 4.77. The number of pyridine rings is 1. The van der Waals surface area contributed by atoms with Crippen LogP contribution in [0.1, 0.15) is 29.3 Å². The highest BCUT2D eigenvalue weighted by Gasteiger charge is 2.22. The predicted octanol–water partition coefficient (Wildman–Crippen LogP) is 3.63. The molecule has 1 aromatic heterocycles. The molecule has 2 nitrogen and oxygen atoms in total. The zero-order chi connectivity index (χ0) is 12.5. The number of halogens is 1. The van der Waals surface area contributed by atoms with E-state index in [0.29, 0.717) is 0 Å². The lowest BCUT2D eigenvalue weighted by molar-refractivity contribution is 0.626. The third kappa shape index (κ3) is 2.08. The van der Waals surface area contributed by atoms with Crippen molar-refractivity contribution in [2.45, 2.75) is 25.8 Å². The number of aryl methyl sites for hydroxylation is 2. The molecule has 0 radical (unpaired) electrons. The summed E-state index contributed by atoms with van der Waals surface area (Å²) >= 11 is 0. The van der Waals surface area contributed by atoms with Crippen molar-refractivity contribution in [2.75, 3.05) is 5.32 Å². The summed E-state index contributed by atoms with van der Waals surface area (Å²) in [5.74, 6) is -0.147. The molecule has 1 N–H and O–H groups in total. The first-order valence-corrected chi connectivity index (χ1v) is 6.20. The Balaban J connectivity index is 1.82. The number of fused-ring (bicyclic) bond motifs is 1. The van der Waals surface area contributed by atoms with Gasteiger partial charge in [0.15, 0.2) is 0 Å². The lowest BCUT2D eigenvalue weighted by Crippen LogP contribution is -2.07. The van der Waals surface area contributed by atoms with Crippen molar-refractivity contribution >= 4 is 5.69 Å². The van der Waals surface area contributed by atoms with Crippen molar-refractivity contribution in [3.63, 3.8) is 0 Å². The number of benzene rings is 1. The van der Waals surface area contributed by atoms with E-state index in [1.165, 1.54) is 11.6 Å². The zero-order valence-electron chi connectivity index (χ0n) is 10.3. The Morgan fingerprint density at radius 1 is 1.28 bits per heavy atom. The van der Waals surface area contributed by atoms with E-state index >= 15 is 0 Å². The van der Waals surface area contributed by atoms with Crippen LogP contribution in [-0.2, 0) is 6.42 Å². The minimum absolute atomic E-state index is 0.147. The van der Waals surface area contributed by atoms with Crippen LogP contribution in [0.2, 0.25) is 0 Å². The lowest BCUT2D eigenvalue weighted by atomic mass is 10.1. The van der Waals surface area contributed by atoms with Gasteiger partial charge >= 0.3 is 0 Å². The fourth-order valence-electron chi connectivity index (χ4n) is 2.49. The standard InChI is InChI=1S/C15H15FN2/c1-10-2-5-13(9-17-10)18-15-7-3-11-8-12(16)4-6-14(11)15/h2,4-6,8-9,15,18H,3,7H2,1H3. The summed E-state index contributed by atoms with van der Waals surface area (Å²) in [5.41, 5.74) is 4.35. The Bertz CT molecular complexity index is 563. The minimum atomic E-state index is -0.147. The molecule has 0 bridgehead atoms. The second-order valence-electron chi connectivity index (χ2n) is 4.77. The monoisotopic (exact) mass is 242 g/mol. The van der Waals surface area contributed by atoms with Gasteiger partial charge in [0.2, 0.25) is 0 Å². The average molecular weight is 242 g/mol. The molecule has 1 unspecified atom stereocenters. The van der Waals surface area contributed by atoms with Crippen LogP contribution in [0, 0.1) is 12.7 Å². The van der Waals surface area contributed by atoms with Crippen LogP contribution < -0.4 is 5.32 Å². The van der Waals surface area contributed by atoms with Crippen molar-refractivity contribution in [2.24, 2.45) is 0 Å². The van der Waals surface area contributed by atoms with Gasteiger partial charge in [-0.25, -0.2) is 4.39 Å². The van der Waals surface area contributed by atoms with Crippen molar-refractivity contribution in [3.8, 4) is 0 Å². The highest BCUT2D eigenvalue weighted by molar-refractivity contribution is 5.47. The smallest absolute Gasteiger partial charge is 0.123 e. The first-order valence-electron chi connectivity index (χ1n) is 6.20. The highest BCUT2D eigenvalue weighted by Crippen LogP contribution is 2.33. The van der Waals surface area contributed by atoms with Gasteiger partial charge in [0.1, 0.15) is 5.82 Å². The van der Waals surface area contributed by atoms with E-state index in [1.807, 2.05) is 31.3 Å². The quantitative estimate of drug-likeness (QED) is 0.869. The van der Waals surface area contributed by atoms with Crippen molar-refractivity contribution in [3.05, 3.63) is 59.2 Å². The number of nitrogens with one attached hydrogen (secondary N) is 1. The maximum atomic E-state index is 13.1. The molecule has 1 aromatic carbocycles. The van der Waals surface area contributed by atoms with Crippen LogP contribution in [0.4, 0.5) is 10.1 Å². The van der Waals surface area contributed by atoms with Crippen LogP contribution >= 0.6 is 0 Å². The Hall–Kier alpha value is -1.90. The zero-order valence-corrected chi connectivity index (χ0v) is 10.3. The molecule has 0 spiro atoms. The van der Waals surface area contributed by atoms with Crippen LogP contribution in [-0.4, -0.2) is 4.98 Å². The summed E-state index contributed by atoms with van der Waals surface area (Å²) in [5, 5.41) is 3.46. The van der Waals surface area contributed by atoms with Gasteiger partial charge in [-0.2, -0.15) is 0 Å². The number of hydrogen-bond donors (Lipinski definition) is 1. The summed E-state index contributed by atoms with van der Waals surface area (Å²) in [7, 11) is 0. The van der Waals surface area contributed by atoms with E-state index in [9.17, 15) is 4.39 Å². The number of hydrogen-bond acceptors (Lipinski definition) is 2. The summed E-state index contributed by atoms with van der Waals surface area (Å²) in [6.07, 6.45) is 3.79. The molecular weight excluding hydrogens is 227 g/mol. The summed E-state index contributed by atoms with van der Waals surface area (Å²) in [4.78, 5) is 4.27. The van der Waals surface area contributed by atoms with Gasteiger partial charge in [0, 0.05) is 5.69 Å². The number of aromatic nitrogens is 1. The van der Waals surface area contributed by atoms with Gasteiger partial charge < -0.3 is 5.32 Å². The fraction of sp³-hybridized carbons (Fsp3) is 0.267. The molecule has 0 amide bonds. The Morgan fingerprint density at radius 3 is 2.94 bits per heavy atom. The minimum Gasteiger partial charge on any atom is -0.377 e. The number of nitrogens with zero attached hydrogens (tertiary/aromatic N) is 1. The van der Waals surface area contributed by atoms with Gasteiger partial charge in [0.05, 0.1) is 17.9 Å². The van der Waals surface area contributed by atoms with Crippen molar-refractivity contribution in [1.29, 1.82) is 0 Å². The molecule has 0 saturated heterocycles. The summed E-state index contributed by atoms with van der Waals surface area (Å²) in [6.45, 7) is 1.97. The molecule has 1 aliphatic carbocycles. The van der Waals surface area contributed by atoms with E-state index in [1.54, 1.807) is 6.07 Å². The second kappa shape index (κ2) is 4.41. The molecule has 1 aliphatic rings. The number of rotatable bonds is 2. The highest BCUT2D eigenvalue weighted by atomic mass is 19.1. The Labute approximate surface area is 106 Å². The first-order chi connectivity index (χ1) is 8.72. The topological polar surface area (TPSA) is 24.9 Å². The molecule has 1 heterocycles. The molecule has 1 atom stereocenters. The predicted molar refractivity (Wildman–Crippen MR) is 70.1 cm³/mol. The maximum absolute atomic E-state index is 13.1. The molecule has 18 heavy (non-hydrogen) atoms. The Morgan fingerprint density at radius 2 is 2.17 bits per heavy atom. The average Bonchev–Trinajstić information content (AvgIpc) is 2.74. The molecule has 3 rings (SSSR count). The molecule has 0 fully saturated rings. The normalized spacial score (nSPS) is 17.6. The van der Waals surface area contributed by atoms with Gasteiger partial charge in [0.25, 0.3) is 0 Å². The van der Waals surface area contributed by atoms with Gasteiger partial charge in [-0.15, -0.1) is 0 Å². The molecule has 0 aliphatic heterocycles. The molecule has 92 valence electrons. The van der Waals surface area contributed by atoms with Crippen LogP contribution in [0.3, 0.4) is 0 Å². The van der Waals surface area contributed by atoms with Crippen molar-refractivity contribution < 1.29 is 4.39 Å². The molecular formula is C15H15FN2. The van der Waals surface area contributed by atoms with E-state index in [4.69, 9.17) is 0 Å². The largest absolute Gasteiger partial charge is 0.377 e. The Kier molecular flexibility index (Phi) is 2.74. The lowest BCUT2D eigenvalue weighted by Gasteiger charge is -2.15. The van der Waals surface area contributed by atoms with Crippen LogP contribution in [0.15, 0.2) is 36.5 Å². The molecule has 3 heteroatoms. The van der Waals surface area contributed by atoms with Gasteiger partial charge in [-0.3, -0.25) is 4.98 Å². The first kappa shape index (κ1) is 11.2. The summed E-state index contributed by atoms with van der Waals surface area (Å²) in [6, 6.07) is 9.35. The molecule has 0 saturated carbocycles. The summed E-state index contributed by atoms with van der Waals surface area (Å²) < 4.78 is 13.1. The maximum Gasteiger partial charge on any atom is 0.123 e. The van der Waals surface area contributed by atoms with Crippen LogP contribution in [0.5, 0.6) is 0 Å².